The molecule has 0 atom stereocenters. The van der Waals surface area contributed by atoms with Gasteiger partial charge in [-0.2, -0.15) is 9.78 Å². The van der Waals surface area contributed by atoms with Crippen LogP contribution in [0.2, 0.25) is 0 Å². The highest BCUT2D eigenvalue weighted by molar-refractivity contribution is 6.01. The lowest BCUT2D eigenvalue weighted by atomic mass is 10.1. The van der Waals surface area contributed by atoms with Crippen LogP contribution in [0.1, 0.15) is 16.8 Å². The van der Waals surface area contributed by atoms with Gasteiger partial charge in [-0.25, -0.2) is 4.98 Å². The molecule has 0 amide bonds. The first kappa shape index (κ1) is 23.0. The van der Waals surface area contributed by atoms with E-state index in [1.54, 1.807) is 12.3 Å². The predicted octanol–water partition coefficient (Wildman–Crippen LogP) is 5.99. The van der Waals surface area contributed by atoms with Crippen LogP contribution in [0, 0.1) is 6.92 Å². The molecule has 7 heteroatoms. The third-order valence-electron chi connectivity index (χ3n) is 7.15. The van der Waals surface area contributed by atoms with Gasteiger partial charge in [0.1, 0.15) is 0 Å². The lowest BCUT2D eigenvalue weighted by molar-refractivity contribution is 0.174. The van der Waals surface area contributed by atoms with E-state index in [4.69, 9.17) is 19.6 Å². The van der Waals surface area contributed by atoms with Crippen LogP contribution in [0.15, 0.2) is 107 Å². The molecule has 4 aromatic carbocycles. The molecular formula is C32H24N4O3. The van der Waals surface area contributed by atoms with Gasteiger partial charge in [-0.15, -0.1) is 0 Å². The first-order chi connectivity index (χ1) is 19.2. The Labute approximate surface area is 224 Å². The summed E-state index contributed by atoms with van der Waals surface area (Å²) in [5.41, 5.74) is 5.43. The first-order valence-electron chi connectivity index (χ1n) is 12.8. The lowest BCUT2D eigenvalue weighted by Gasteiger charge is -2.10. The molecule has 1 aliphatic rings. The van der Waals surface area contributed by atoms with Crippen molar-refractivity contribution in [2.45, 2.75) is 13.5 Å². The molecule has 0 bridgehead atoms. The average molecular weight is 513 g/mol. The number of nitrogens with zero attached hydrogens (tertiary/aromatic N) is 4. The zero-order chi connectivity index (χ0) is 26.3. The maximum Gasteiger partial charge on any atom is 0.282 e. The van der Waals surface area contributed by atoms with Crippen molar-refractivity contribution in [3.8, 4) is 22.9 Å². The van der Waals surface area contributed by atoms with Crippen LogP contribution in [-0.4, -0.2) is 27.2 Å². The number of rotatable bonds is 5. The largest absolute Gasteiger partial charge is 0.454 e. The van der Waals surface area contributed by atoms with Crippen molar-refractivity contribution in [1.82, 2.24) is 14.2 Å². The second kappa shape index (κ2) is 9.29. The minimum atomic E-state index is -0.211. The Morgan fingerprint density at radius 1 is 0.872 bits per heavy atom. The molecule has 7 rings (SSSR count). The Morgan fingerprint density at radius 2 is 1.62 bits per heavy atom. The third kappa shape index (κ3) is 3.95. The molecule has 0 aliphatic carbocycles. The fraction of sp³-hybridized carbons (Fsp3) is 0.0938. The molecule has 7 nitrogen and oxygen atoms in total. The van der Waals surface area contributed by atoms with E-state index in [9.17, 15) is 4.79 Å². The van der Waals surface area contributed by atoms with Gasteiger partial charge in [-0.05, 0) is 42.8 Å². The number of aromatic nitrogens is 3. The highest BCUT2D eigenvalue weighted by Gasteiger charge is 2.17. The van der Waals surface area contributed by atoms with E-state index in [0.717, 1.165) is 44.8 Å². The van der Waals surface area contributed by atoms with Crippen molar-refractivity contribution < 1.29 is 9.47 Å². The van der Waals surface area contributed by atoms with Gasteiger partial charge in [0.25, 0.3) is 5.56 Å². The minimum Gasteiger partial charge on any atom is -0.454 e. The number of hydrogen-bond donors (Lipinski definition) is 0. The predicted molar refractivity (Wildman–Crippen MR) is 153 cm³/mol. The Morgan fingerprint density at radius 3 is 2.49 bits per heavy atom. The molecular weight excluding hydrogens is 488 g/mol. The minimum absolute atomic E-state index is 0.211. The Hall–Kier alpha value is -5.17. The topological polar surface area (TPSA) is 70.6 Å². The number of ether oxygens (including phenoxy) is 2. The summed E-state index contributed by atoms with van der Waals surface area (Å²) in [6.45, 7) is 2.98. The molecule has 0 saturated heterocycles. The summed E-state index contributed by atoms with van der Waals surface area (Å²) in [7, 11) is 0. The van der Waals surface area contributed by atoms with Gasteiger partial charge in [0, 0.05) is 34.3 Å². The van der Waals surface area contributed by atoms with E-state index in [1.807, 2.05) is 72.8 Å². The van der Waals surface area contributed by atoms with E-state index >= 15 is 0 Å². The van der Waals surface area contributed by atoms with E-state index in [2.05, 4.69) is 29.7 Å². The van der Waals surface area contributed by atoms with Gasteiger partial charge in [0.15, 0.2) is 17.3 Å². The van der Waals surface area contributed by atoms with E-state index in [-0.39, 0.29) is 12.4 Å². The van der Waals surface area contributed by atoms with Crippen LogP contribution in [0.4, 0.5) is 0 Å². The summed E-state index contributed by atoms with van der Waals surface area (Å²) in [4.78, 5) is 18.4. The van der Waals surface area contributed by atoms with Gasteiger partial charge >= 0.3 is 0 Å². The molecule has 39 heavy (non-hydrogen) atoms. The molecule has 3 heterocycles. The van der Waals surface area contributed by atoms with Crippen molar-refractivity contribution in [3.63, 3.8) is 0 Å². The number of hydrogen-bond acceptors (Lipinski definition) is 5. The van der Waals surface area contributed by atoms with Crippen molar-refractivity contribution in [3.05, 3.63) is 124 Å². The molecule has 0 spiro atoms. The molecule has 190 valence electrons. The van der Waals surface area contributed by atoms with Gasteiger partial charge in [-0.1, -0.05) is 66.7 Å². The average Bonchev–Trinajstić information content (AvgIpc) is 3.55. The van der Waals surface area contributed by atoms with Crippen molar-refractivity contribution in [2.24, 2.45) is 5.10 Å². The third-order valence-corrected chi connectivity index (χ3v) is 7.15. The SMILES string of the molecule is Cc1c(C=Nn2c(-c3ccccc3)nc3ccccc3c2=O)c2ccccc2n1Cc1ccc2c(c1)OCO2. The zero-order valence-electron chi connectivity index (χ0n) is 21.2. The van der Waals surface area contributed by atoms with Gasteiger partial charge in [0.2, 0.25) is 6.79 Å². The van der Waals surface area contributed by atoms with Crippen LogP contribution in [-0.2, 0) is 6.54 Å². The number of para-hydroxylation sites is 2. The number of benzene rings is 4. The van der Waals surface area contributed by atoms with Crippen LogP contribution >= 0.6 is 0 Å². The summed E-state index contributed by atoms with van der Waals surface area (Å²) in [5, 5.41) is 6.33. The zero-order valence-corrected chi connectivity index (χ0v) is 21.2. The Kier molecular flexibility index (Phi) is 5.48. The summed E-state index contributed by atoms with van der Waals surface area (Å²) in [5.74, 6) is 2.03. The summed E-state index contributed by atoms with van der Waals surface area (Å²) < 4.78 is 14.7. The van der Waals surface area contributed by atoms with Crippen molar-refractivity contribution in [2.75, 3.05) is 6.79 Å². The molecule has 0 radical (unpaired) electrons. The lowest BCUT2D eigenvalue weighted by Crippen LogP contribution is -2.20. The molecule has 0 unspecified atom stereocenters. The van der Waals surface area contributed by atoms with E-state index in [0.29, 0.717) is 23.3 Å². The second-order valence-electron chi connectivity index (χ2n) is 9.47. The van der Waals surface area contributed by atoms with Crippen LogP contribution in [0.25, 0.3) is 33.2 Å². The summed E-state index contributed by atoms with van der Waals surface area (Å²) in [6.07, 6.45) is 1.78. The van der Waals surface area contributed by atoms with Crippen molar-refractivity contribution in [1.29, 1.82) is 0 Å². The molecule has 0 saturated carbocycles. The highest BCUT2D eigenvalue weighted by atomic mass is 16.7. The van der Waals surface area contributed by atoms with Crippen molar-refractivity contribution >= 4 is 28.0 Å². The maximum absolute atomic E-state index is 13.6. The van der Waals surface area contributed by atoms with Crippen LogP contribution in [0.5, 0.6) is 11.5 Å². The summed E-state index contributed by atoms with van der Waals surface area (Å²) in [6, 6.07) is 31.3. The molecule has 2 aromatic heterocycles. The second-order valence-corrected chi connectivity index (χ2v) is 9.47. The molecule has 0 fully saturated rings. The standard InChI is InChI=1S/C32H24N4O3/c1-21-26(24-11-6-8-14-28(24)35(21)19-22-15-16-29-30(17-22)39-20-38-29)18-33-36-31(23-9-3-2-4-10-23)34-27-13-7-5-12-25(27)32(36)37/h2-18H,19-20H2,1H3. The monoisotopic (exact) mass is 512 g/mol. The highest BCUT2D eigenvalue weighted by Crippen LogP contribution is 2.34. The van der Waals surface area contributed by atoms with E-state index < -0.39 is 0 Å². The first-order valence-corrected chi connectivity index (χ1v) is 12.8. The van der Waals surface area contributed by atoms with Crippen LogP contribution in [0.3, 0.4) is 0 Å². The van der Waals surface area contributed by atoms with Crippen LogP contribution < -0.4 is 15.0 Å². The number of fused-ring (bicyclic) bond motifs is 3. The normalized spacial score (nSPS) is 12.6. The molecule has 0 N–H and O–H groups in total. The summed E-state index contributed by atoms with van der Waals surface area (Å²) >= 11 is 0. The Bertz CT molecular complexity index is 1950. The van der Waals surface area contributed by atoms with Gasteiger partial charge in [-0.3, -0.25) is 4.79 Å². The quantitative estimate of drug-likeness (QED) is 0.266. The smallest absolute Gasteiger partial charge is 0.282 e. The maximum atomic E-state index is 13.6. The molecule has 1 aliphatic heterocycles. The van der Waals surface area contributed by atoms with Gasteiger partial charge < -0.3 is 14.0 Å². The van der Waals surface area contributed by atoms with Gasteiger partial charge in [0.05, 0.1) is 17.1 Å². The fourth-order valence-corrected chi connectivity index (χ4v) is 5.17. The van der Waals surface area contributed by atoms with E-state index in [1.165, 1.54) is 4.68 Å². The Balaban J connectivity index is 1.36. The fourth-order valence-electron chi connectivity index (χ4n) is 5.17. The molecule has 6 aromatic rings.